The van der Waals surface area contributed by atoms with Gasteiger partial charge in [-0.25, -0.2) is 9.97 Å². The van der Waals surface area contributed by atoms with Crippen LogP contribution in [0.2, 0.25) is 0 Å². The van der Waals surface area contributed by atoms with Gasteiger partial charge in [0.05, 0.1) is 5.56 Å². The van der Waals surface area contributed by atoms with Crippen molar-refractivity contribution in [1.29, 1.82) is 0 Å². The third-order valence-corrected chi connectivity index (χ3v) is 4.45. The first-order valence-electron chi connectivity index (χ1n) is 8.56. The number of pyridine rings is 2. The highest BCUT2D eigenvalue weighted by Gasteiger charge is 2.34. The van der Waals surface area contributed by atoms with E-state index in [1.54, 1.807) is 17.2 Å². The molecule has 1 N–H and O–H groups in total. The molecule has 1 amide bonds. The van der Waals surface area contributed by atoms with Crippen molar-refractivity contribution in [2.24, 2.45) is 0 Å². The molecule has 9 heteroatoms. The van der Waals surface area contributed by atoms with Crippen molar-refractivity contribution in [3.05, 3.63) is 47.8 Å². The third-order valence-electron chi connectivity index (χ3n) is 4.45. The molecule has 1 fully saturated rings. The second kappa shape index (κ2) is 7.81. The van der Waals surface area contributed by atoms with E-state index in [1.165, 1.54) is 19.2 Å². The molecule has 2 aromatic rings. The Balaban J connectivity index is 1.74. The lowest BCUT2D eigenvalue weighted by atomic mass is 10.2. The van der Waals surface area contributed by atoms with Gasteiger partial charge in [0.25, 0.3) is 0 Å². The maximum atomic E-state index is 13.1. The summed E-state index contributed by atoms with van der Waals surface area (Å²) in [5.74, 6) is 0.534. The lowest BCUT2D eigenvalue weighted by Crippen LogP contribution is -2.48. The molecule has 1 aliphatic heterocycles. The first kappa shape index (κ1) is 18.9. The van der Waals surface area contributed by atoms with E-state index in [4.69, 9.17) is 0 Å². The van der Waals surface area contributed by atoms with E-state index >= 15 is 0 Å². The van der Waals surface area contributed by atoms with Gasteiger partial charge < -0.3 is 15.1 Å². The van der Waals surface area contributed by atoms with Gasteiger partial charge in [-0.2, -0.15) is 13.2 Å². The monoisotopic (exact) mass is 379 g/mol. The number of carbonyl (C=O) groups excluding carboxylic acids is 1. The fourth-order valence-electron chi connectivity index (χ4n) is 3.04. The number of hydrogen-bond acceptors (Lipinski definition) is 5. The molecule has 0 spiro atoms. The molecule has 3 heterocycles. The number of piperazine rings is 1. The summed E-state index contributed by atoms with van der Waals surface area (Å²) in [5, 5.41) is 2.78. The van der Waals surface area contributed by atoms with Gasteiger partial charge in [-0.05, 0) is 18.2 Å². The number of carbonyl (C=O) groups is 1. The zero-order chi connectivity index (χ0) is 19.4. The first-order chi connectivity index (χ1) is 12.9. The fourth-order valence-corrected chi connectivity index (χ4v) is 3.04. The van der Waals surface area contributed by atoms with Crippen LogP contribution >= 0.6 is 0 Å². The van der Waals surface area contributed by atoms with Crippen molar-refractivity contribution in [2.45, 2.75) is 19.6 Å². The highest BCUT2D eigenvalue weighted by atomic mass is 19.4. The van der Waals surface area contributed by atoms with Crippen molar-refractivity contribution in [1.82, 2.24) is 14.9 Å². The average Bonchev–Trinajstić information content (AvgIpc) is 2.66. The standard InChI is InChI=1S/C18H20F3N5O/c1-13(27)25-8-10-26(11-9-25)17-14(4-2-7-23-17)12-24-16-15(18(19,20)21)5-3-6-22-16/h2-7H,8-12H2,1H3,(H,22,24). The highest BCUT2D eigenvalue weighted by Crippen LogP contribution is 2.33. The van der Waals surface area contributed by atoms with E-state index < -0.39 is 11.7 Å². The number of aromatic nitrogens is 2. The molecule has 1 aliphatic rings. The Kier molecular flexibility index (Phi) is 5.48. The summed E-state index contributed by atoms with van der Waals surface area (Å²) in [4.78, 5) is 23.5. The first-order valence-corrected chi connectivity index (χ1v) is 8.56. The van der Waals surface area contributed by atoms with Gasteiger partial charge in [-0.15, -0.1) is 0 Å². The van der Waals surface area contributed by atoms with E-state index in [-0.39, 0.29) is 18.3 Å². The minimum Gasteiger partial charge on any atom is -0.365 e. The van der Waals surface area contributed by atoms with E-state index in [0.717, 1.165) is 11.6 Å². The Morgan fingerprint density at radius 1 is 1.11 bits per heavy atom. The van der Waals surface area contributed by atoms with Crippen LogP contribution in [0.15, 0.2) is 36.7 Å². The van der Waals surface area contributed by atoms with Crippen LogP contribution in [0.5, 0.6) is 0 Å². The van der Waals surface area contributed by atoms with Gasteiger partial charge in [0, 0.05) is 57.6 Å². The number of amides is 1. The fraction of sp³-hybridized carbons (Fsp3) is 0.389. The van der Waals surface area contributed by atoms with Gasteiger partial charge in [-0.1, -0.05) is 6.07 Å². The zero-order valence-corrected chi connectivity index (χ0v) is 14.8. The SMILES string of the molecule is CC(=O)N1CCN(c2ncccc2CNc2ncccc2C(F)(F)F)CC1. The van der Waals surface area contributed by atoms with E-state index in [9.17, 15) is 18.0 Å². The third kappa shape index (κ3) is 4.47. The van der Waals surface area contributed by atoms with Crippen LogP contribution in [0.4, 0.5) is 24.8 Å². The maximum absolute atomic E-state index is 13.1. The van der Waals surface area contributed by atoms with Crippen LogP contribution in [0.3, 0.4) is 0 Å². The molecule has 0 saturated carbocycles. The summed E-state index contributed by atoms with van der Waals surface area (Å²) in [7, 11) is 0. The minimum atomic E-state index is -4.47. The van der Waals surface area contributed by atoms with Gasteiger partial charge >= 0.3 is 6.18 Å². The van der Waals surface area contributed by atoms with Gasteiger partial charge in [-0.3, -0.25) is 4.79 Å². The summed E-state index contributed by atoms with van der Waals surface area (Å²) >= 11 is 0. The quantitative estimate of drug-likeness (QED) is 0.885. The second-order valence-electron chi connectivity index (χ2n) is 6.23. The molecule has 2 aromatic heterocycles. The van der Waals surface area contributed by atoms with Crippen LogP contribution in [-0.2, 0) is 17.5 Å². The van der Waals surface area contributed by atoms with Crippen LogP contribution in [0.25, 0.3) is 0 Å². The van der Waals surface area contributed by atoms with E-state index in [1.807, 2.05) is 11.0 Å². The van der Waals surface area contributed by atoms with Gasteiger partial charge in [0.2, 0.25) is 5.91 Å². The average molecular weight is 379 g/mol. The van der Waals surface area contributed by atoms with Crippen molar-refractivity contribution in [2.75, 3.05) is 36.4 Å². The van der Waals surface area contributed by atoms with Crippen LogP contribution in [0.1, 0.15) is 18.1 Å². The topological polar surface area (TPSA) is 61.4 Å². The molecule has 0 aromatic carbocycles. The molecule has 144 valence electrons. The molecule has 0 atom stereocenters. The molecule has 6 nitrogen and oxygen atoms in total. The van der Waals surface area contributed by atoms with Crippen LogP contribution in [-0.4, -0.2) is 47.0 Å². The highest BCUT2D eigenvalue weighted by molar-refractivity contribution is 5.73. The summed E-state index contributed by atoms with van der Waals surface area (Å²) in [6, 6.07) is 5.83. The number of nitrogens with zero attached hydrogens (tertiary/aromatic N) is 4. The number of anilines is 2. The van der Waals surface area contributed by atoms with Crippen LogP contribution < -0.4 is 10.2 Å². The molecular weight excluding hydrogens is 359 g/mol. The predicted octanol–water partition coefficient (Wildman–Crippen LogP) is 2.78. The molecule has 1 saturated heterocycles. The zero-order valence-electron chi connectivity index (χ0n) is 14.8. The van der Waals surface area contributed by atoms with E-state index in [2.05, 4.69) is 15.3 Å². The molecular formula is C18H20F3N5O. The summed E-state index contributed by atoms with van der Waals surface area (Å²) in [5.41, 5.74) is -0.0296. The maximum Gasteiger partial charge on any atom is 0.419 e. The number of hydrogen-bond donors (Lipinski definition) is 1. The molecule has 0 radical (unpaired) electrons. The largest absolute Gasteiger partial charge is 0.419 e. The number of nitrogens with one attached hydrogen (secondary N) is 1. The Hall–Kier alpha value is -2.84. The Morgan fingerprint density at radius 3 is 2.44 bits per heavy atom. The molecule has 0 bridgehead atoms. The summed E-state index contributed by atoms with van der Waals surface area (Å²) in [6.07, 6.45) is -1.50. The molecule has 27 heavy (non-hydrogen) atoms. The van der Waals surface area contributed by atoms with Crippen LogP contribution in [0, 0.1) is 0 Å². The van der Waals surface area contributed by atoms with Crippen molar-refractivity contribution in [3.63, 3.8) is 0 Å². The number of halogens is 3. The smallest absolute Gasteiger partial charge is 0.365 e. The lowest BCUT2D eigenvalue weighted by molar-refractivity contribution is -0.137. The normalized spacial score (nSPS) is 15.0. The lowest BCUT2D eigenvalue weighted by Gasteiger charge is -2.35. The van der Waals surface area contributed by atoms with Gasteiger partial charge in [0.1, 0.15) is 11.6 Å². The van der Waals surface area contributed by atoms with Gasteiger partial charge in [0.15, 0.2) is 0 Å². The molecule has 3 rings (SSSR count). The molecule has 0 unspecified atom stereocenters. The predicted molar refractivity (Wildman–Crippen MR) is 95.3 cm³/mol. The number of alkyl halides is 3. The van der Waals surface area contributed by atoms with Crippen molar-refractivity contribution in [3.8, 4) is 0 Å². The Bertz CT molecular complexity index is 804. The van der Waals surface area contributed by atoms with Crippen molar-refractivity contribution < 1.29 is 18.0 Å². The number of rotatable bonds is 4. The molecule has 0 aliphatic carbocycles. The second-order valence-corrected chi connectivity index (χ2v) is 6.23. The Labute approximate surface area is 155 Å². The summed E-state index contributed by atoms with van der Waals surface area (Å²) < 4.78 is 39.3. The minimum absolute atomic E-state index is 0.0346. The Morgan fingerprint density at radius 2 is 1.78 bits per heavy atom. The van der Waals surface area contributed by atoms with E-state index in [0.29, 0.717) is 32.0 Å². The summed E-state index contributed by atoms with van der Waals surface area (Å²) in [6.45, 7) is 4.14. The van der Waals surface area contributed by atoms with Crippen molar-refractivity contribution >= 4 is 17.5 Å².